The maximum atomic E-state index is 11.6. The van der Waals surface area contributed by atoms with E-state index in [1.54, 1.807) is 0 Å². The Morgan fingerprint density at radius 2 is 1.84 bits per heavy atom. The second-order valence-corrected chi connectivity index (χ2v) is 12.0. The van der Waals surface area contributed by atoms with E-state index in [1.165, 1.54) is 0 Å². The molecular weight excluding hydrogens is 408 g/mol. The zero-order valence-electron chi connectivity index (χ0n) is 20.1. The molecule has 184 valence electrons. The second-order valence-electron chi connectivity index (χ2n) is 12.0. The van der Waals surface area contributed by atoms with Crippen LogP contribution < -0.4 is 0 Å². The van der Waals surface area contributed by atoms with Gasteiger partial charge in [-0.15, -0.1) is 0 Å². The largest absolute Gasteiger partial charge is 0.481 e. The number of rotatable bonds is 7. The van der Waals surface area contributed by atoms with Crippen molar-refractivity contribution in [2.24, 2.45) is 46.3 Å². The third-order valence-corrected chi connectivity index (χ3v) is 10.8. The fourth-order valence-electron chi connectivity index (χ4n) is 9.04. The van der Waals surface area contributed by atoms with Gasteiger partial charge in [-0.2, -0.15) is 0 Å². The maximum Gasteiger partial charge on any atom is 0.303 e. The number of carboxylic acid groups (broad SMARTS) is 1. The molecule has 32 heavy (non-hydrogen) atoms. The van der Waals surface area contributed by atoms with E-state index < -0.39 is 12.1 Å². The Balaban J connectivity index is 1.54. The summed E-state index contributed by atoms with van der Waals surface area (Å²) >= 11 is 0. The predicted molar refractivity (Wildman–Crippen MR) is 121 cm³/mol. The summed E-state index contributed by atoms with van der Waals surface area (Å²) in [6.45, 7) is 7.20. The lowest BCUT2D eigenvalue weighted by molar-refractivity contribution is -0.209. The Morgan fingerprint density at radius 1 is 1.09 bits per heavy atom. The van der Waals surface area contributed by atoms with Crippen LogP contribution in [0.2, 0.25) is 0 Å². The summed E-state index contributed by atoms with van der Waals surface area (Å²) in [5, 5.41) is 41.3. The molecule has 0 heterocycles. The van der Waals surface area contributed by atoms with Gasteiger partial charge >= 0.3 is 5.97 Å². The van der Waals surface area contributed by atoms with Crippen LogP contribution in [0.3, 0.4) is 0 Å². The number of ether oxygens (including phenoxy) is 1. The lowest BCUT2D eigenvalue weighted by Gasteiger charge is -2.63. The summed E-state index contributed by atoms with van der Waals surface area (Å²) in [6.07, 6.45) is 6.81. The van der Waals surface area contributed by atoms with Crippen LogP contribution in [-0.4, -0.2) is 57.9 Å². The summed E-state index contributed by atoms with van der Waals surface area (Å²) < 4.78 is 5.86. The van der Waals surface area contributed by atoms with Crippen molar-refractivity contribution in [2.45, 2.75) is 96.9 Å². The molecule has 0 saturated heterocycles. The first kappa shape index (κ1) is 24.4. The molecule has 0 aliphatic heterocycles. The minimum absolute atomic E-state index is 0.0459. The van der Waals surface area contributed by atoms with Crippen LogP contribution in [0.15, 0.2) is 0 Å². The highest BCUT2D eigenvalue weighted by molar-refractivity contribution is 5.66. The van der Waals surface area contributed by atoms with Gasteiger partial charge in [0.15, 0.2) is 0 Å². The third-order valence-electron chi connectivity index (χ3n) is 10.8. The van der Waals surface area contributed by atoms with E-state index in [4.69, 9.17) is 14.9 Å². The van der Waals surface area contributed by atoms with Gasteiger partial charge in [0.1, 0.15) is 0 Å². The molecule has 4 fully saturated rings. The molecule has 0 unspecified atom stereocenters. The quantitative estimate of drug-likeness (QED) is 0.471. The van der Waals surface area contributed by atoms with Crippen molar-refractivity contribution in [3.63, 3.8) is 0 Å². The predicted octanol–water partition coefficient (Wildman–Crippen LogP) is 3.47. The van der Waals surface area contributed by atoms with Gasteiger partial charge in [-0.3, -0.25) is 4.79 Å². The monoisotopic (exact) mass is 452 g/mol. The molecule has 4 saturated carbocycles. The lowest BCUT2D eigenvalue weighted by atomic mass is 9.43. The Kier molecular flexibility index (Phi) is 7.00. The van der Waals surface area contributed by atoms with Crippen LogP contribution in [0.1, 0.15) is 78.6 Å². The molecule has 4 aliphatic carbocycles. The number of hydrogen-bond donors (Lipinski definition) is 4. The topological polar surface area (TPSA) is 107 Å². The molecule has 0 bridgehead atoms. The second kappa shape index (κ2) is 9.16. The summed E-state index contributed by atoms with van der Waals surface area (Å²) in [5.41, 5.74) is -0.136. The van der Waals surface area contributed by atoms with E-state index in [-0.39, 0.29) is 47.9 Å². The number of aliphatic carboxylic acids is 1. The molecule has 0 amide bonds. The van der Waals surface area contributed by atoms with E-state index >= 15 is 0 Å². The summed E-state index contributed by atoms with van der Waals surface area (Å²) in [6, 6.07) is 0. The fourth-order valence-corrected chi connectivity index (χ4v) is 9.04. The summed E-state index contributed by atoms with van der Waals surface area (Å²) in [5.74, 6) is 1.04. The average molecular weight is 453 g/mol. The van der Waals surface area contributed by atoms with Crippen molar-refractivity contribution in [1.82, 2.24) is 0 Å². The van der Waals surface area contributed by atoms with E-state index in [1.807, 2.05) is 0 Å². The molecule has 0 radical (unpaired) electrons. The Labute approximate surface area is 192 Å². The first-order valence-corrected chi connectivity index (χ1v) is 12.9. The van der Waals surface area contributed by atoms with Gasteiger partial charge in [-0.25, -0.2) is 0 Å². The van der Waals surface area contributed by atoms with Gasteiger partial charge in [-0.1, -0.05) is 20.8 Å². The van der Waals surface area contributed by atoms with Gasteiger partial charge in [0.05, 0.1) is 31.5 Å². The maximum absolute atomic E-state index is 11.6. The van der Waals surface area contributed by atoms with E-state index in [0.29, 0.717) is 36.7 Å². The normalized spacial score (nSPS) is 49.1. The van der Waals surface area contributed by atoms with Crippen LogP contribution in [0.5, 0.6) is 0 Å². The van der Waals surface area contributed by atoms with Crippen molar-refractivity contribution in [2.75, 3.05) is 13.2 Å². The molecule has 0 aromatic heterocycles. The summed E-state index contributed by atoms with van der Waals surface area (Å²) in [7, 11) is 0. The first-order chi connectivity index (χ1) is 15.1. The Morgan fingerprint density at radius 3 is 2.53 bits per heavy atom. The number of aliphatic hydroxyl groups excluding tert-OH is 3. The van der Waals surface area contributed by atoms with E-state index in [9.17, 15) is 15.0 Å². The smallest absolute Gasteiger partial charge is 0.303 e. The van der Waals surface area contributed by atoms with Crippen molar-refractivity contribution >= 4 is 5.97 Å². The van der Waals surface area contributed by atoms with Crippen LogP contribution in [0.4, 0.5) is 0 Å². The highest BCUT2D eigenvalue weighted by Gasteiger charge is 2.65. The number of hydrogen-bond acceptors (Lipinski definition) is 5. The van der Waals surface area contributed by atoms with E-state index in [0.717, 1.165) is 44.9 Å². The highest BCUT2D eigenvalue weighted by atomic mass is 16.5. The Bertz CT molecular complexity index is 683. The van der Waals surface area contributed by atoms with E-state index in [2.05, 4.69) is 20.8 Å². The number of fused-ring (bicyclic) bond motifs is 5. The SMILES string of the molecule is C[C@H](CCC(=O)O)[C@H]1CC[C@H]2[C@@H]3[C@H](O)C[C@@H]4C[C@@H](OCCO)CC[C@]4(C)[C@H]3C[C@H](O)[C@]12C. The van der Waals surface area contributed by atoms with Crippen LogP contribution >= 0.6 is 0 Å². The highest BCUT2D eigenvalue weighted by Crippen LogP contribution is 2.68. The Hall–Kier alpha value is -0.690. The molecule has 11 atom stereocenters. The molecule has 4 aliphatic rings. The molecule has 6 heteroatoms. The first-order valence-electron chi connectivity index (χ1n) is 12.9. The minimum Gasteiger partial charge on any atom is -0.481 e. The molecule has 0 aromatic carbocycles. The standard InChI is InChI=1S/C26H44O6/c1-15(4-7-23(30)31)18-5-6-19-24-20(14-22(29)26(18,19)3)25(2)9-8-17(32-11-10-27)12-16(25)13-21(24)28/h15-22,24,27-29H,4-14H2,1-3H3,(H,30,31)/t15-,16+,17+,18-,19+,20+,21-,22+,24+,25+,26-/m1/s1. The summed E-state index contributed by atoms with van der Waals surface area (Å²) in [4.78, 5) is 11.1. The van der Waals surface area contributed by atoms with Crippen LogP contribution in [-0.2, 0) is 9.53 Å². The van der Waals surface area contributed by atoms with Gasteiger partial charge in [-0.05, 0) is 97.7 Å². The third kappa shape index (κ3) is 3.93. The zero-order chi connectivity index (χ0) is 23.3. The van der Waals surface area contributed by atoms with Gasteiger partial charge in [0.25, 0.3) is 0 Å². The molecule has 0 aromatic rings. The van der Waals surface area contributed by atoms with Crippen molar-refractivity contribution in [3.8, 4) is 0 Å². The van der Waals surface area contributed by atoms with Crippen LogP contribution in [0, 0.1) is 46.3 Å². The minimum atomic E-state index is -0.749. The van der Waals surface area contributed by atoms with Crippen LogP contribution in [0.25, 0.3) is 0 Å². The molecule has 4 rings (SSSR count). The molecule has 4 N–H and O–H groups in total. The fraction of sp³-hybridized carbons (Fsp3) is 0.962. The zero-order valence-corrected chi connectivity index (χ0v) is 20.1. The van der Waals surface area contributed by atoms with Gasteiger partial charge in [0.2, 0.25) is 0 Å². The van der Waals surface area contributed by atoms with Crippen molar-refractivity contribution in [3.05, 3.63) is 0 Å². The lowest BCUT2D eigenvalue weighted by Crippen LogP contribution is -2.62. The number of aliphatic hydroxyl groups is 3. The van der Waals surface area contributed by atoms with Crippen molar-refractivity contribution < 1.29 is 30.0 Å². The van der Waals surface area contributed by atoms with Gasteiger partial charge < -0.3 is 25.2 Å². The molecular formula is C26H44O6. The molecule has 0 spiro atoms. The average Bonchev–Trinajstić information content (AvgIpc) is 3.10. The van der Waals surface area contributed by atoms with Gasteiger partial charge in [0, 0.05) is 6.42 Å². The van der Waals surface area contributed by atoms with Crippen molar-refractivity contribution in [1.29, 1.82) is 0 Å². The number of carboxylic acids is 1. The molecule has 6 nitrogen and oxygen atoms in total. The number of carbonyl (C=O) groups is 1.